The molecule has 44 heavy (non-hydrogen) atoms. The van der Waals surface area contributed by atoms with Crippen molar-refractivity contribution in [2.45, 2.75) is 49.1 Å². The van der Waals surface area contributed by atoms with Gasteiger partial charge in [-0.2, -0.15) is 0 Å². The molecule has 236 valence electrons. The van der Waals surface area contributed by atoms with E-state index in [1.807, 2.05) is 0 Å². The average molecular weight is 674 g/mol. The van der Waals surface area contributed by atoms with Crippen LogP contribution in [0.15, 0.2) is 25.3 Å². The molecule has 3 saturated heterocycles. The number of phosphoric acid groups is 1. The lowest BCUT2D eigenvalue weighted by atomic mass is 10.1. The molecule has 3 aliphatic rings. The van der Waals surface area contributed by atoms with E-state index >= 15 is 0 Å². The van der Waals surface area contributed by atoms with Crippen LogP contribution in [0.5, 0.6) is 0 Å². The van der Waals surface area contributed by atoms with Gasteiger partial charge in [0.15, 0.2) is 35.4 Å². The fourth-order valence-electron chi connectivity index (χ4n) is 5.24. The first kappa shape index (κ1) is 29.9. The van der Waals surface area contributed by atoms with Gasteiger partial charge in [-0.05, 0) is 11.8 Å². The van der Waals surface area contributed by atoms with Crippen LogP contribution in [0.1, 0.15) is 12.5 Å². The smallest absolute Gasteiger partial charge is 0.386 e. The number of nitrogens with two attached hydrogens (primary N) is 2. The van der Waals surface area contributed by atoms with Gasteiger partial charge in [-0.15, -0.1) is 0 Å². The Morgan fingerprint density at radius 1 is 0.773 bits per heavy atom. The van der Waals surface area contributed by atoms with Crippen molar-refractivity contribution < 1.29 is 52.1 Å². The van der Waals surface area contributed by atoms with E-state index in [1.54, 1.807) is 0 Å². The number of anilines is 2. The molecule has 0 bridgehead atoms. The van der Waals surface area contributed by atoms with Crippen LogP contribution in [0.4, 0.5) is 11.6 Å². The predicted molar refractivity (Wildman–Crippen MR) is 147 cm³/mol. The molecule has 3 aliphatic heterocycles. The maximum Gasteiger partial charge on any atom is 0.472 e. The number of hydrogen-bond donors (Lipinski definition) is 6. The summed E-state index contributed by atoms with van der Waals surface area (Å²) < 4.78 is 49.4. The molecule has 0 aliphatic carbocycles. The van der Waals surface area contributed by atoms with Gasteiger partial charge in [-0.3, -0.25) is 22.7 Å². The van der Waals surface area contributed by atoms with Crippen molar-refractivity contribution in [3.63, 3.8) is 0 Å². The van der Waals surface area contributed by atoms with Crippen molar-refractivity contribution >= 4 is 60.3 Å². The Morgan fingerprint density at radius 2 is 1.25 bits per heavy atom. The molecule has 0 spiro atoms. The highest BCUT2D eigenvalue weighted by molar-refractivity contribution is 8.07. The van der Waals surface area contributed by atoms with Gasteiger partial charge in [-0.25, -0.2) is 34.5 Å². The van der Waals surface area contributed by atoms with E-state index < -0.39 is 76.8 Å². The Hall–Kier alpha value is -2.82. The summed E-state index contributed by atoms with van der Waals surface area (Å²) >= 11 is 5.20. The Morgan fingerprint density at radius 3 is 1.77 bits per heavy atom. The molecule has 10 atom stereocenters. The minimum atomic E-state index is -4.95. The van der Waals surface area contributed by atoms with E-state index in [0.717, 1.165) is 0 Å². The Balaban J connectivity index is 1.17. The van der Waals surface area contributed by atoms with Crippen LogP contribution in [0.2, 0.25) is 0 Å². The van der Waals surface area contributed by atoms with Crippen LogP contribution in [0.25, 0.3) is 22.3 Å². The third-order valence-corrected chi connectivity index (χ3v) is 9.80. The highest BCUT2D eigenvalue weighted by Crippen LogP contribution is 2.54. The normalized spacial score (nSPS) is 38.3. The molecule has 8 N–H and O–H groups in total. The fraction of sp³-hybridized carbons (Fsp3) is 0.500. The lowest BCUT2D eigenvalue weighted by Gasteiger charge is -2.29. The molecule has 7 heterocycles. The fourth-order valence-corrected chi connectivity index (χ4v) is 7.65. The molecule has 7 rings (SSSR count). The first-order chi connectivity index (χ1) is 20.9. The van der Waals surface area contributed by atoms with Crippen LogP contribution in [-0.2, 0) is 43.9 Å². The number of hydrogen-bond acceptors (Lipinski definition) is 18. The van der Waals surface area contributed by atoms with Gasteiger partial charge in [0.1, 0.15) is 60.3 Å². The molecule has 3 fully saturated rings. The summed E-state index contributed by atoms with van der Waals surface area (Å²) in [5.74, 6) is 0.162. The molecule has 0 aromatic carbocycles. The van der Waals surface area contributed by atoms with Gasteiger partial charge in [0.05, 0.1) is 25.9 Å². The molecule has 4 aromatic rings. The highest BCUT2D eigenvalue weighted by Gasteiger charge is 2.53. The third kappa shape index (κ3) is 5.16. The van der Waals surface area contributed by atoms with Gasteiger partial charge in [0.2, 0.25) is 0 Å². The number of nitrogen functional groups attached to an aromatic ring is 2. The highest BCUT2D eigenvalue weighted by atomic mass is 32.5. The summed E-state index contributed by atoms with van der Waals surface area (Å²) in [5, 5.41) is 22.4. The summed E-state index contributed by atoms with van der Waals surface area (Å²) in [7, 11) is -4.95. The second kappa shape index (κ2) is 10.9. The average Bonchev–Trinajstić information content (AvgIpc) is 3.73. The summed E-state index contributed by atoms with van der Waals surface area (Å²) in [4.78, 5) is 45.9. The Bertz CT molecular complexity index is 1700. The number of rotatable bonds is 2. The van der Waals surface area contributed by atoms with Crippen molar-refractivity contribution in [2.75, 3.05) is 24.7 Å². The van der Waals surface area contributed by atoms with Crippen molar-refractivity contribution in [3.8, 4) is 0 Å². The molecule has 4 aromatic heterocycles. The zero-order valence-electron chi connectivity index (χ0n) is 22.0. The number of aromatic nitrogens is 8. The summed E-state index contributed by atoms with van der Waals surface area (Å²) in [6, 6.07) is 0. The monoisotopic (exact) mass is 674 g/mol. The molecule has 0 radical (unpaired) electrons. The van der Waals surface area contributed by atoms with E-state index in [2.05, 4.69) is 29.9 Å². The summed E-state index contributed by atoms with van der Waals surface area (Å²) in [6.45, 7) is -5.43. The molecular weight excluding hydrogens is 650 g/mol. The van der Waals surface area contributed by atoms with Crippen molar-refractivity contribution in [2.24, 2.45) is 0 Å². The van der Waals surface area contributed by atoms with Crippen LogP contribution in [0, 0.1) is 0 Å². The molecule has 2 unspecified atom stereocenters. The topological polar surface area (TPSA) is 293 Å². The zero-order chi connectivity index (χ0) is 31.0. The van der Waals surface area contributed by atoms with Crippen LogP contribution in [0.3, 0.4) is 0 Å². The summed E-state index contributed by atoms with van der Waals surface area (Å²) in [5.41, 5.74) is 12.6. The zero-order valence-corrected chi connectivity index (χ0v) is 24.6. The molecule has 0 amide bonds. The lowest BCUT2D eigenvalue weighted by molar-refractivity contribution is -0.0629. The second-order valence-corrected chi connectivity index (χ2v) is 14.1. The standard InChI is InChI=1S/C20H24N10O11P2S/c21-15-9-17(25-3-23-15)29(5-27-9)19-11(31)13-8(39-19)2-37-43(35,44)41-14-7(1-36-42(33,34)40-13)38-20(12(14)32)30-6-28-10-16(22)24-4-26-18(10)30/h3-8,11-14,19-20,31-32H,1-2H2,(H,33,34)(H,35,44)(H2,21,23,25)(H2,22,24,26)/t7-,8-,11-,12-,13-,14-,19-,20-,43?/m1/s1. The number of nitrogens with zero attached hydrogens (tertiary/aromatic N) is 8. The molecule has 0 saturated carbocycles. The van der Waals surface area contributed by atoms with Gasteiger partial charge in [0.25, 0.3) is 0 Å². The SMILES string of the molecule is Nc1ncnc2c1ncn2[C@@H]1O[C@@H]2COP(O)(=S)O[C@H]3[C@@H](O)[C@H](n4cnc5c(N)ncnc54)O[C@@H]3COP(=O)(O)O[C@H]2[C@H]1O. The number of imidazole rings is 2. The Kier molecular flexibility index (Phi) is 7.41. The first-order valence-corrected chi connectivity index (χ1v) is 16.9. The second-order valence-electron chi connectivity index (χ2n) is 9.95. The van der Waals surface area contributed by atoms with Crippen molar-refractivity contribution in [3.05, 3.63) is 25.3 Å². The van der Waals surface area contributed by atoms with Crippen LogP contribution < -0.4 is 11.5 Å². The van der Waals surface area contributed by atoms with E-state index in [-0.39, 0.29) is 34.0 Å². The maximum atomic E-state index is 13.1. The van der Waals surface area contributed by atoms with Gasteiger partial charge in [0, 0.05) is 0 Å². The third-order valence-electron chi connectivity index (χ3n) is 7.26. The predicted octanol–water partition coefficient (Wildman–Crippen LogP) is -1.52. The Labute approximate surface area is 250 Å². The molecule has 24 heteroatoms. The number of ether oxygens (including phenoxy) is 2. The van der Waals surface area contributed by atoms with Gasteiger partial charge < -0.3 is 45.5 Å². The van der Waals surface area contributed by atoms with Crippen molar-refractivity contribution in [1.82, 2.24) is 39.0 Å². The lowest BCUT2D eigenvalue weighted by Crippen LogP contribution is -2.39. The maximum absolute atomic E-state index is 13.1. The number of aliphatic hydroxyl groups excluding tert-OH is 2. The van der Waals surface area contributed by atoms with Gasteiger partial charge >= 0.3 is 14.5 Å². The first-order valence-electron chi connectivity index (χ1n) is 12.8. The number of aliphatic hydroxyl groups is 2. The minimum absolute atomic E-state index is 0.0783. The van der Waals surface area contributed by atoms with E-state index in [1.165, 1.54) is 34.4 Å². The van der Waals surface area contributed by atoms with Gasteiger partial charge in [-0.1, -0.05) is 0 Å². The number of fused-ring (bicyclic) bond motifs is 4. The summed E-state index contributed by atoms with van der Waals surface area (Å²) in [6.07, 6.45) is -6.22. The van der Waals surface area contributed by atoms with E-state index in [0.29, 0.717) is 0 Å². The van der Waals surface area contributed by atoms with E-state index in [9.17, 15) is 24.6 Å². The molecular formula is C20H24N10O11P2S. The minimum Gasteiger partial charge on any atom is -0.386 e. The van der Waals surface area contributed by atoms with E-state index in [4.69, 9.17) is 50.8 Å². The van der Waals surface area contributed by atoms with Crippen molar-refractivity contribution in [1.29, 1.82) is 0 Å². The van der Waals surface area contributed by atoms with Crippen LogP contribution in [-0.4, -0.2) is 109 Å². The quantitative estimate of drug-likeness (QED) is 0.132. The number of phosphoric ester groups is 1. The van der Waals surface area contributed by atoms with Crippen LogP contribution >= 0.6 is 14.5 Å². The largest absolute Gasteiger partial charge is 0.472 e. The molecule has 21 nitrogen and oxygen atoms in total.